The van der Waals surface area contributed by atoms with Crippen molar-refractivity contribution in [2.75, 3.05) is 26.7 Å². The lowest BCUT2D eigenvalue weighted by atomic mass is 9.89. The van der Waals surface area contributed by atoms with Gasteiger partial charge in [0.2, 0.25) is 5.88 Å². The Morgan fingerprint density at radius 1 is 1.22 bits per heavy atom. The number of aromatic nitrogens is 1. The van der Waals surface area contributed by atoms with Crippen LogP contribution in [-0.2, 0) is 0 Å². The fourth-order valence-corrected chi connectivity index (χ4v) is 3.27. The number of hydrogen-bond acceptors (Lipinski definition) is 4. The van der Waals surface area contributed by atoms with Crippen LogP contribution in [0.2, 0.25) is 5.02 Å². The molecule has 6 nitrogen and oxygen atoms in total. The van der Waals surface area contributed by atoms with Gasteiger partial charge in [-0.25, -0.2) is 4.98 Å². The summed E-state index contributed by atoms with van der Waals surface area (Å²) in [4.78, 5) is 30.9. The number of nitrogens with one attached hydrogen (secondary N) is 1. The second-order valence-corrected chi connectivity index (χ2v) is 7.50. The lowest BCUT2D eigenvalue weighted by Crippen LogP contribution is -2.39. The van der Waals surface area contributed by atoms with E-state index in [1.54, 1.807) is 41.3 Å². The van der Waals surface area contributed by atoms with Gasteiger partial charge in [-0.1, -0.05) is 18.5 Å². The molecular formula is C20H22ClN3O3. The zero-order chi connectivity index (χ0) is 19.4. The highest BCUT2D eigenvalue weighted by Crippen LogP contribution is 2.30. The minimum absolute atomic E-state index is 0.0575. The molecule has 1 aliphatic rings. The Hall–Kier alpha value is -2.60. The van der Waals surface area contributed by atoms with Gasteiger partial charge in [-0.2, -0.15) is 0 Å². The Morgan fingerprint density at radius 3 is 2.56 bits per heavy atom. The molecule has 0 radical (unpaired) electrons. The molecule has 2 heterocycles. The van der Waals surface area contributed by atoms with Gasteiger partial charge in [0.1, 0.15) is 0 Å². The van der Waals surface area contributed by atoms with Crippen LogP contribution in [0, 0.1) is 5.41 Å². The smallest absolute Gasteiger partial charge is 0.255 e. The number of carbonyl (C=O) groups excluding carboxylic acids is 2. The number of nitrogens with zero attached hydrogens (tertiary/aromatic N) is 2. The summed E-state index contributed by atoms with van der Waals surface area (Å²) in [7, 11) is 1.54. The predicted molar refractivity (Wildman–Crippen MR) is 103 cm³/mol. The summed E-state index contributed by atoms with van der Waals surface area (Å²) in [5.41, 5.74) is 0.931. The Morgan fingerprint density at radius 2 is 1.93 bits per heavy atom. The highest BCUT2D eigenvalue weighted by atomic mass is 35.5. The third-order valence-electron chi connectivity index (χ3n) is 4.82. The molecule has 2 aromatic rings. The summed E-state index contributed by atoms with van der Waals surface area (Å²) >= 11 is 5.85. The van der Waals surface area contributed by atoms with E-state index in [2.05, 4.69) is 17.2 Å². The molecule has 1 aromatic carbocycles. The van der Waals surface area contributed by atoms with E-state index in [9.17, 15) is 9.59 Å². The van der Waals surface area contributed by atoms with Crippen LogP contribution in [0.5, 0.6) is 5.88 Å². The maximum atomic E-state index is 12.7. The minimum Gasteiger partial charge on any atom is -0.481 e. The second-order valence-electron chi connectivity index (χ2n) is 7.07. The zero-order valence-corrected chi connectivity index (χ0v) is 16.1. The molecule has 1 saturated heterocycles. The number of carbonyl (C=O) groups is 2. The average Bonchev–Trinajstić information content (AvgIpc) is 3.09. The molecule has 1 aromatic heterocycles. The Labute approximate surface area is 163 Å². The number of benzene rings is 1. The third-order valence-corrected chi connectivity index (χ3v) is 5.07. The summed E-state index contributed by atoms with van der Waals surface area (Å²) in [6.45, 7) is 3.81. The monoisotopic (exact) mass is 387 g/mol. The van der Waals surface area contributed by atoms with Gasteiger partial charge < -0.3 is 15.0 Å². The van der Waals surface area contributed by atoms with Gasteiger partial charge in [-0.05, 0) is 36.8 Å². The van der Waals surface area contributed by atoms with Gasteiger partial charge in [0.15, 0.2) is 0 Å². The maximum Gasteiger partial charge on any atom is 0.255 e. The lowest BCUT2D eigenvalue weighted by Gasteiger charge is -2.25. The first-order valence-corrected chi connectivity index (χ1v) is 9.11. The van der Waals surface area contributed by atoms with Crippen molar-refractivity contribution in [2.45, 2.75) is 13.3 Å². The minimum atomic E-state index is -0.169. The molecule has 1 N–H and O–H groups in total. The first kappa shape index (κ1) is 19.2. The van der Waals surface area contributed by atoms with Crippen molar-refractivity contribution in [2.24, 2.45) is 5.41 Å². The molecule has 1 fully saturated rings. The molecule has 7 heteroatoms. The topological polar surface area (TPSA) is 71.5 Å². The van der Waals surface area contributed by atoms with Crippen molar-refractivity contribution >= 4 is 23.4 Å². The largest absolute Gasteiger partial charge is 0.481 e. The number of pyridine rings is 1. The average molecular weight is 388 g/mol. The molecule has 142 valence electrons. The van der Waals surface area contributed by atoms with Crippen LogP contribution in [0.4, 0.5) is 0 Å². The van der Waals surface area contributed by atoms with Crippen LogP contribution in [-0.4, -0.2) is 48.4 Å². The molecule has 0 saturated carbocycles. The van der Waals surface area contributed by atoms with Crippen molar-refractivity contribution < 1.29 is 14.3 Å². The number of likely N-dealkylation sites (tertiary alicyclic amines) is 1. The van der Waals surface area contributed by atoms with Crippen LogP contribution >= 0.6 is 11.6 Å². The Bertz CT molecular complexity index is 823. The van der Waals surface area contributed by atoms with Crippen LogP contribution < -0.4 is 10.1 Å². The molecule has 0 aliphatic carbocycles. The number of methoxy groups -OCH3 is 1. The second kappa shape index (κ2) is 7.96. The number of amides is 2. The molecule has 1 atom stereocenters. The molecule has 1 aliphatic heterocycles. The van der Waals surface area contributed by atoms with Crippen LogP contribution in [0.1, 0.15) is 34.1 Å². The quantitative estimate of drug-likeness (QED) is 0.856. The van der Waals surface area contributed by atoms with E-state index in [1.807, 2.05) is 0 Å². The van der Waals surface area contributed by atoms with Gasteiger partial charge in [0.25, 0.3) is 11.8 Å². The third kappa shape index (κ3) is 4.57. The maximum absolute atomic E-state index is 12.7. The molecule has 1 unspecified atom stereocenters. The van der Waals surface area contributed by atoms with Crippen LogP contribution in [0.3, 0.4) is 0 Å². The van der Waals surface area contributed by atoms with E-state index in [4.69, 9.17) is 16.3 Å². The van der Waals surface area contributed by atoms with Gasteiger partial charge in [0.05, 0.1) is 12.7 Å². The van der Waals surface area contributed by atoms with Gasteiger partial charge >= 0.3 is 0 Å². The van der Waals surface area contributed by atoms with Gasteiger partial charge in [0, 0.05) is 47.9 Å². The fourth-order valence-electron chi connectivity index (χ4n) is 3.15. The van der Waals surface area contributed by atoms with Crippen molar-refractivity contribution in [1.82, 2.24) is 15.2 Å². The fraction of sp³-hybridized carbons (Fsp3) is 0.350. The first-order chi connectivity index (χ1) is 12.9. The van der Waals surface area contributed by atoms with E-state index < -0.39 is 0 Å². The summed E-state index contributed by atoms with van der Waals surface area (Å²) in [5.74, 6) is 0.276. The number of ether oxygens (including phenoxy) is 1. The van der Waals surface area contributed by atoms with Crippen molar-refractivity contribution in [3.63, 3.8) is 0 Å². The normalized spacial score (nSPS) is 19.0. The van der Waals surface area contributed by atoms with E-state index in [0.717, 1.165) is 6.42 Å². The zero-order valence-electron chi connectivity index (χ0n) is 15.4. The molecule has 0 spiro atoms. The van der Waals surface area contributed by atoms with E-state index >= 15 is 0 Å². The summed E-state index contributed by atoms with van der Waals surface area (Å²) in [6, 6.07) is 10.2. The van der Waals surface area contributed by atoms with E-state index in [0.29, 0.717) is 41.7 Å². The highest BCUT2D eigenvalue weighted by molar-refractivity contribution is 6.30. The van der Waals surface area contributed by atoms with Gasteiger partial charge in [-0.15, -0.1) is 0 Å². The van der Waals surface area contributed by atoms with Crippen molar-refractivity contribution in [1.29, 1.82) is 0 Å². The van der Waals surface area contributed by atoms with Crippen LogP contribution in [0.25, 0.3) is 0 Å². The number of halogens is 1. The Balaban J connectivity index is 1.57. The first-order valence-electron chi connectivity index (χ1n) is 8.73. The standard InChI is InChI=1S/C20H22ClN3O3/c1-20(12-23-18(25)14-3-6-16(21)7-4-14)9-10-24(13-20)19(26)15-5-8-17(27-2)22-11-15/h3-8,11H,9-10,12-13H2,1-2H3,(H,23,25). The van der Waals surface area contributed by atoms with Crippen molar-refractivity contribution in [3.05, 3.63) is 58.7 Å². The highest BCUT2D eigenvalue weighted by Gasteiger charge is 2.36. The molecule has 27 heavy (non-hydrogen) atoms. The van der Waals surface area contributed by atoms with Crippen molar-refractivity contribution in [3.8, 4) is 5.88 Å². The molecule has 2 amide bonds. The summed E-state index contributed by atoms with van der Waals surface area (Å²) in [5, 5.41) is 3.56. The Kier molecular flexibility index (Phi) is 5.65. The van der Waals surface area contributed by atoms with Gasteiger partial charge in [-0.3, -0.25) is 9.59 Å². The lowest BCUT2D eigenvalue weighted by molar-refractivity contribution is 0.0774. The molecule has 3 rings (SSSR count). The van der Waals surface area contributed by atoms with E-state index in [1.165, 1.54) is 13.3 Å². The predicted octanol–water partition coefficient (Wildman–Crippen LogP) is 3.03. The molecule has 0 bridgehead atoms. The summed E-state index contributed by atoms with van der Waals surface area (Å²) in [6.07, 6.45) is 2.35. The number of rotatable bonds is 5. The SMILES string of the molecule is COc1ccc(C(=O)N2CCC(C)(CNC(=O)c3ccc(Cl)cc3)C2)cn1. The van der Waals surface area contributed by atoms with Crippen LogP contribution in [0.15, 0.2) is 42.6 Å². The van der Waals surface area contributed by atoms with E-state index in [-0.39, 0.29) is 17.2 Å². The molecular weight excluding hydrogens is 366 g/mol. The number of hydrogen-bond donors (Lipinski definition) is 1. The summed E-state index contributed by atoms with van der Waals surface area (Å²) < 4.78 is 5.02.